The molecule has 2 aromatic heterocycles. The van der Waals surface area contributed by atoms with E-state index in [9.17, 15) is 9.59 Å². The lowest BCUT2D eigenvalue weighted by Gasteiger charge is -2.23. The van der Waals surface area contributed by atoms with Crippen molar-refractivity contribution in [3.8, 4) is 11.8 Å². The van der Waals surface area contributed by atoms with E-state index in [4.69, 9.17) is 22.1 Å². The minimum absolute atomic E-state index is 0.0121. The molecule has 1 fully saturated rings. The van der Waals surface area contributed by atoms with Gasteiger partial charge in [-0.25, -0.2) is 9.78 Å². The highest BCUT2D eigenvalue weighted by Crippen LogP contribution is 2.39. The Morgan fingerprint density at radius 1 is 1.30 bits per heavy atom. The van der Waals surface area contributed by atoms with Gasteiger partial charge in [-0.2, -0.15) is 5.10 Å². The molecule has 1 aromatic carbocycles. The summed E-state index contributed by atoms with van der Waals surface area (Å²) in [5, 5.41) is 7.22. The number of rotatable bonds is 3. The summed E-state index contributed by atoms with van der Waals surface area (Å²) in [4.78, 5) is 30.3. The third kappa shape index (κ3) is 4.52. The third-order valence-corrected chi connectivity index (χ3v) is 5.48. The lowest BCUT2D eigenvalue weighted by Crippen LogP contribution is -2.35. The summed E-state index contributed by atoms with van der Waals surface area (Å²) in [6, 6.07) is 4.17. The fourth-order valence-corrected chi connectivity index (χ4v) is 3.78. The minimum Gasteiger partial charge on any atom is -0.443 e. The highest BCUT2D eigenvalue weighted by molar-refractivity contribution is 6.32. The predicted molar refractivity (Wildman–Crippen MR) is 125 cm³/mol. The number of aromatic amines is 1. The number of nitrogens with one attached hydrogen (secondary N) is 1. The number of halogens is 1. The van der Waals surface area contributed by atoms with Gasteiger partial charge in [-0.1, -0.05) is 17.5 Å². The molecular formula is C23H25ClN6O3. The summed E-state index contributed by atoms with van der Waals surface area (Å²) in [6.45, 7) is 7.20. The van der Waals surface area contributed by atoms with Gasteiger partial charge in [-0.05, 0) is 58.6 Å². The lowest BCUT2D eigenvalue weighted by atomic mass is 10.1. The number of hydrogen-bond donors (Lipinski definition) is 2. The van der Waals surface area contributed by atoms with Gasteiger partial charge in [0, 0.05) is 18.7 Å². The van der Waals surface area contributed by atoms with E-state index in [1.807, 2.05) is 19.1 Å². The van der Waals surface area contributed by atoms with Crippen molar-refractivity contribution in [3.63, 3.8) is 0 Å². The summed E-state index contributed by atoms with van der Waals surface area (Å²) < 4.78 is 7.54. The van der Waals surface area contributed by atoms with Crippen molar-refractivity contribution < 1.29 is 14.3 Å². The van der Waals surface area contributed by atoms with Crippen LogP contribution in [0, 0.1) is 18.8 Å². The van der Waals surface area contributed by atoms with E-state index in [0.29, 0.717) is 16.6 Å². The standard InChI is InChI=1S/C23H25ClN6O3/c1-12-26-17-10-13(15(24)11-18(17)30(12)14-7-8-14)6-9-16-19(20(25)31)21(28-27-16)29(5)22(32)33-23(2,3)4/h10-11,14H,7-8H2,1-5H3,(H2,25,31)(H,27,28). The molecule has 0 aliphatic heterocycles. The molecule has 0 bridgehead atoms. The van der Waals surface area contributed by atoms with Crippen molar-refractivity contribution in [2.75, 3.05) is 11.9 Å². The van der Waals surface area contributed by atoms with Crippen LogP contribution in [0.25, 0.3) is 11.0 Å². The Kier molecular flexibility index (Phi) is 5.58. The number of carbonyl (C=O) groups is 2. The van der Waals surface area contributed by atoms with Crippen molar-refractivity contribution in [2.24, 2.45) is 5.73 Å². The minimum atomic E-state index is -0.779. The van der Waals surface area contributed by atoms with Crippen LogP contribution in [0.1, 0.15) is 67.1 Å². The van der Waals surface area contributed by atoms with E-state index in [0.717, 1.165) is 34.6 Å². The van der Waals surface area contributed by atoms with Crippen LogP contribution in [0.15, 0.2) is 12.1 Å². The number of H-pyrrole nitrogens is 1. The van der Waals surface area contributed by atoms with Crippen LogP contribution in [0.4, 0.5) is 10.6 Å². The summed E-state index contributed by atoms with van der Waals surface area (Å²) in [7, 11) is 1.44. The highest BCUT2D eigenvalue weighted by Gasteiger charge is 2.28. The molecule has 0 spiro atoms. The summed E-state index contributed by atoms with van der Waals surface area (Å²) in [5.74, 6) is 6.02. The molecule has 10 heteroatoms. The molecule has 0 unspecified atom stereocenters. The zero-order valence-electron chi connectivity index (χ0n) is 19.1. The van der Waals surface area contributed by atoms with Crippen LogP contribution in [0.5, 0.6) is 0 Å². The molecule has 3 N–H and O–H groups in total. The average molecular weight is 469 g/mol. The van der Waals surface area contributed by atoms with Gasteiger partial charge in [-0.3, -0.25) is 14.8 Å². The second-order valence-electron chi connectivity index (χ2n) is 9.03. The van der Waals surface area contributed by atoms with Crippen molar-refractivity contribution >= 4 is 40.5 Å². The number of anilines is 1. The summed E-state index contributed by atoms with van der Waals surface area (Å²) in [5.41, 5.74) is 7.35. The quantitative estimate of drug-likeness (QED) is 0.564. The van der Waals surface area contributed by atoms with Crippen LogP contribution in [-0.4, -0.2) is 44.4 Å². The van der Waals surface area contributed by atoms with Crippen LogP contribution in [0.3, 0.4) is 0 Å². The molecule has 2 amide bonds. The first kappa shape index (κ1) is 22.7. The molecule has 4 rings (SSSR count). The number of imidazole rings is 1. The number of primary amides is 1. The Labute approximate surface area is 196 Å². The Morgan fingerprint density at radius 2 is 2.00 bits per heavy atom. The second-order valence-corrected chi connectivity index (χ2v) is 9.44. The number of nitrogens with zero attached hydrogens (tertiary/aromatic N) is 4. The molecule has 3 aromatic rings. The van der Waals surface area contributed by atoms with Gasteiger partial charge in [0.25, 0.3) is 5.91 Å². The number of fused-ring (bicyclic) bond motifs is 1. The first-order chi connectivity index (χ1) is 15.5. The summed E-state index contributed by atoms with van der Waals surface area (Å²) in [6.07, 6.45) is 1.61. The van der Waals surface area contributed by atoms with E-state index in [1.54, 1.807) is 20.8 Å². The Balaban J connectivity index is 1.69. The maximum atomic E-state index is 12.4. The van der Waals surface area contributed by atoms with Gasteiger partial charge in [0.15, 0.2) is 5.82 Å². The van der Waals surface area contributed by atoms with Gasteiger partial charge >= 0.3 is 6.09 Å². The van der Waals surface area contributed by atoms with E-state index >= 15 is 0 Å². The molecule has 2 heterocycles. The first-order valence-electron chi connectivity index (χ1n) is 10.5. The third-order valence-electron chi connectivity index (χ3n) is 5.17. The molecule has 9 nitrogen and oxygen atoms in total. The maximum Gasteiger partial charge on any atom is 0.415 e. The fraction of sp³-hybridized carbons (Fsp3) is 0.391. The number of amides is 2. The Hall–Kier alpha value is -3.51. The van der Waals surface area contributed by atoms with E-state index in [2.05, 4.69) is 31.6 Å². The second kappa shape index (κ2) is 8.12. The smallest absolute Gasteiger partial charge is 0.415 e. The number of nitrogens with two attached hydrogens (primary N) is 1. The molecule has 1 aliphatic rings. The molecule has 0 atom stereocenters. The van der Waals surface area contributed by atoms with Crippen molar-refractivity contribution in [3.05, 3.63) is 39.8 Å². The Bertz CT molecular complexity index is 1330. The highest BCUT2D eigenvalue weighted by atomic mass is 35.5. The number of carbonyl (C=O) groups excluding carboxylic acids is 2. The predicted octanol–water partition coefficient (Wildman–Crippen LogP) is 3.93. The van der Waals surface area contributed by atoms with E-state index in [1.165, 1.54) is 7.05 Å². The molecule has 0 radical (unpaired) electrons. The molecular weight excluding hydrogens is 444 g/mol. The monoisotopic (exact) mass is 468 g/mol. The van der Waals surface area contributed by atoms with Gasteiger partial charge < -0.3 is 15.0 Å². The van der Waals surface area contributed by atoms with E-state index < -0.39 is 17.6 Å². The molecule has 1 saturated carbocycles. The number of aromatic nitrogens is 4. The molecule has 1 aliphatic carbocycles. The van der Waals surface area contributed by atoms with Gasteiger partial charge in [0.1, 0.15) is 22.7 Å². The van der Waals surface area contributed by atoms with Gasteiger partial charge in [0.05, 0.1) is 16.1 Å². The van der Waals surface area contributed by atoms with Crippen LogP contribution in [0.2, 0.25) is 5.02 Å². The van der Waals surface area contributed by atoms with Crippen molar-refractivity contribution in [2.45, 2.75) is 52.2 Å². The van der Waals surface area contributed by atoms with Crippen molar-refractivity contribution in [1.82, 2.24) is 19.7 Å². The topological polar surface area (TPSA) is 119 Å². The fourth-order valence-electron chi connectivity index (χ4n) is 3.57. The molecule has 0 saturated heterocycles. The first-order valence-corrected chi connectivity index (χ1v) is 10.9. The molecule has 33 heavy (non-hydrogen) atoms. The summed E-state index contributed by atoms with van der Waals surface area (Å²) >= 11 is 6.51. The maximum absolute atomic E-state index is 12.4. The zero-order valence-corrected chi connectivity index (χ0v) is 19.9. The van der Waals surface area contributed by atoms with Crippen LogP contribution in [-0.2, 0) is 4.74 Å². The van der Waals surface area contributed by atoms with Crippen molar-refractivity contribution in [1.29, 1.82) is 0 Å². The molecule has 172 valence electrons. The van der Waals surface area contributed by atoms with Crippen LogP contribution >= 0.6 is 11.6 Å². The Morgan fingerprint density at radius 3 is 2.61 bits per heavy atom. The number of aryl methyl sites for hydroxylation is 1. The number of hydrogen-bond acceptors (Lipinski definition) is 5. The zero-order chi connectivity index (χ0) is 24.1. The SMILES string of the molecule is Cc1nc2cc(C#Cc3[nH]nc(N(C)C(=O)OC(C)(C)C)c3C(N)=O)c(Cl)cc2n1C1CC1. The largest absolute Gasteiger partial charge is 0.443 e. The van der Waals surface area contributed by atoms with E-state index in [-0.39, 0.29) is 17.1 Å². The van der Waals surface area contributed by atoms with Crippen LogP contribution < -0.4 is 10.6 Å². The average Bonchev–Trinajstić information content (AvgIpc) is 3.35. The van der Waals surface area contributed by atoms with Gasteiger partial charge in [-0.15, -0.1) is 0 Å². The number of ether oxygens (including phenoxy) is 1. The number of benzene rings is 1. The van der Waals surface area contributed by atoms with Gasteiger partial charge in [0.2, 0.25) is 0 Å². The lowest BCUT2D eigenvalue weighted by molar-refractivity contribution is 0.0588. The normalized spacial score (nSPS) is 13.5.